The van der Waals surface area contributed by atoms with Crippen molar-refractivity contribution < 1.29 is 8.42 Å². The van der Waals surface area contributed by atoms with Gasteiger partial charge in [0.15, 0.2) is 0 Å². The Labute approximate surface area is 161 Å². The molecule has 0 radical (unpaired) electrons. The van der Waals surface area contributed by atoms with E-state index in [0.717, 1.165) is 25.9 Å². The molecule has 0 amide bonds. The monoisotopic (exact) mass is 385 g/mol. The van der Waals surface area contributed by atoms with Crippen molar-refractivity contribution in [2.45, 2.75) is 72.6 Å². The van der Waals surface area contributed by atoms with Gasteiger partial charge in [-0.1, -0.05) is 59.1 Å². The topological polar surface area (TPSA) is 75.4 Å². The van der Waals surface area contributed by atoms with Crippen LogP contribution in [0.25, 0.3) is 0 Å². The van der Waals surface area contributed by atoms with Gasteiger partial charge in [0.2, 0.25) is 0 Å². The molecule has 5 nitrogen and oxygen atoms in total. The average molecular weight is 386 g/mol. The van der Waals surface area contributed by atoms with Crippen molar-refractivity contribution >= 4 is 15.9 Å². The Balaban J connectivity index is 0.00000625. The first kappa shape index (κ1) is 24.9. The lowest BCUT2D eigenvalue weighted by Gasteiger charge is -2.20. The third-order valence-corrected chi connectivity index (χ3v) is 4.95. The number of nitrogens with zero attached hydrogens (tertiary/aromatic N) is 1. The molecule has 0 aliphatic rings. The number of nitrogens with one attached hydrogen (secondary N) is 1. The molecule has 6 heteroatoms. The molecule has 1 aromatic rings. The van der Waals surface area contributed by atoms with Crippen LogP contribution in [0.3, 0.4) is 0 Å². The van der Waals surface area contributed by atoms with Crippen LogP contribution in [-0.2, 0) is 16.6 Å². The van der Waals surface area contributed by atoms with Crippen LogP contribution in [0, 0.1) is 0 Å². The molecule has 0 spiro atoms. The van der Waals surface area contributed by atoms with Crippen molar-refractivity contribution in [1.29, 1.82) is 0 Å². The lowest BCUT2D eigenvalue weighted by Crippen LogP contribution is -2.25. The van der Waals surface area contributed by atoms with Crippen molar-refractivity contribution in [3.05, 3.63) is 29.8 Å². The maximum Gasteiger partial charge on any atom is 0.296 e. The molecule has 26 heavy (non-hydrogen) atoms. The molecule has 0 aromatic heterocycles. The first-order chi connectivity index (χ1) is 11.9. The zero-order chi connectivity index (χ0) is 18.5. The number of unbranched alkanes of at least 4 members (excludes halogenated alkanes) is 5. The van der Waals surface area contributed by atoms with E-state index in [1.54, 1.807) is 12.1 Å². The Morgan fingerprint density at radius 3 is 2.04 bits per heavy atom. The summed E-state index contributed by atoms with van der Waals surface area (Å²) < 4.78 is 24.2. The van der Waals surface area contributed by atoms with Gasteiger partial charge in [0.25, 0.3) is 10.2 Å². The minimum absolute atomic E-state index is 0. The molecule has 0 saturated heterocycles. The normalized spacial score (nSPS) is 11.4. The Bertz CT molecular complexity index is 559. The fourth-order valence-corrected chi connectivity index (χ4v) is 3.40. The van der Waals surface area contributed by atoms with Gasteiger partial charge in [-0.05, 0) is 63.0 Å². The van der Waals surface area contributed by atoms with Gasteiger partial charge in [-0.2, -0.15) is 8.42 Å². The molecule has 0 unspecified atom stereocenters. The van der Waals surface area contributed by atoms with Gasteiger partial charge in [0.1, 0.15) is 0 Å². The van der Waals surface area contributed by atoms with Crippen molar-refractivity contribution in [2.24, 2.45) is 5.14 Å². The smallest absolute Gasteiger partial charge is 0.296 e. The molecule has 1 aromatic carbocycles. The molecule has 0 aliphatic heterocycles. The van der Waals surface area contributed by atoms with Crippen LogP contribution in [0.5, 0.6) is 0 Å². The largest absolute Gasteiger partial charge is 0.304 e. The van der Waals surface area contributed by atoms with E-state index in [2.05, 4.69) is 23.5 Å². The molecule has 3 N–H and O–H groups in total. The van der Waals surface area contributed by atoms with E-state index in [1.165, 1.54) is 50.6 Å². The predicted molar refractivity (Wildman–Crippen MR) is 114 cm³/mol. The number of aryl methyl sites for hydroxylation is 1. The van der Waals surface area contributed by atoms with E-state index >= 15 is 0 Å². The Morgan fingerprint density at radius 1 is 0.923 bits per heavy atom. The summed E-state index contributed by atoms with van der Waals surface area (Å²) in [5, 5.41) is 4.96. The summed E-state index contributed by atoms with van der Waals surface area (Å²) in [7, 11) is -3.69. The van der Waals surface area contributed by atoms with Crippen molar-refractivity contribution in [2.75, 3.05) is 24.4 Å². The van der Waals surface area contributed by atoms with Gasteiger partial charge >= 0.3 is 0 Å². The number of nitrogens with two attached hydrogens (primary N) is 1. The molecular weight excluding hydrogens is 346 g/mol. The number of rotatable bonds is 14. The number of hydrogen-bond acceptors (Lipinski definition) is 3. The Hall–Kier alpha value is -1.11. The van der Waals surface area contributed by atoms with E-state index in [-0.39, 0.29) is 7.43 Å². The molecule has 0 fully saturated rings. The minimum Gasteiger partial charge on any atom is -0.304 e. The second-order valence-corrected chi connectivity index (χ2v) is 7.94. The average Bonchev–Trinajstić information content (AvgIpc) is 2.56. The van der Waals surface area contributed by atoms with Gasteiger partial charge in [0.05, 0.1) is 0 Å². The van der Waals surface area contributed by atoms with Crippen LogP contribution in [0.1, 0.15) is 71.8 Å². The lowest BCUT2D eigenvalue weighted by molar-refractivity contribution is 0.275. The molecule has 0 bridgehead atoms. The Morgan fingerprint density at radius 2 is 1.50 bits per heavy atom. The highest BCUT2D eigenvalue weighted by Crippen LogP contribution is 2.13. The first-order valence-corrected chi connectivity index (χ1v) is 11.1. The summed E-state index contributed by atoms with van der Waals surface area (Å²) in [6.45, 7) is 8.00. The molecule has 1 rings (SSSR count). The SMILES string of the molecule is C.CCCCCCCN(CC)CCCCc1ccc(NS(N)(=O)=O)cc1. The van der Waals surface area contributed by atoms with Gasteiger partial charge < -0.3 is 4.90 Å². The highest BCUT2D eigenvalue weighted by molar-refractivity contribution is 7.90. The lowest BCUT2D eigenvalue weighted by atomic mass is 10.1. The maximum atomic E-state index is 11.0. The number of benzene rings is 1. The van der Waals surface area contributed by atoms with E-state index in [9.17, 15) is 8.42 Å². The fourth-order valence-electron chi connectivity index (χ4n) is 2.94. The van der Waals surface area contributed by atoms with Crippen LogP contribution in [0.2, 0.25) is 0 Å². The standard InChI is InChI=1S/C19H35N3O2S.CH4/c1-3-5-6-7-9-16-22(4-2)17-10-8-11-18-12-14-19(15-13-18)21-25(20,23)24;/h12-15,21H,3-11,16-17H2,1-2H3,(H2,20,23,24);1H4. The number of anilines is 1. The molecule has 0 atom stereocenters. The molecule has 0 heterocycles. The third-order valence-electron chi connectivity index (χ3n) is 4.43. The summed E-state index contributed by atoms with van der Waals surface area (Å²) in [4.78, 5) is 2.55. The molecule has 0 aliphatic carbocycles. The van der Waals surface area contributed by atoms with E-state index in [0.29, 0.717) is 5.69 Å². The van der Waals surface area contributed by atoms with Crippen LogP contribution in [0.4, 0.5) is 5.69 Å². The van der Waals surface area contributed by atoms with Crippen LogP contribution >= 0.6 is 0 Å². The van der Waals surface area contributed by atoms with Gasteiger partial charge in [-0.25, -0.2) is 5.14 Å². The van der Waals surface area contributed by atoms with Crippen LogP contribution < -0.4 is 9.86 Å². The summed E-state index contributed by atoms with van der Waals surface area (Å²) >= 11 is 0. The highest BCUT2D eigenvalue weighted by Gasteiger charge is 2.04. The van der Waals surface area contributed by atoms with Crippen LogP contribution in [0.15, 0.2) is 24.3 Å². The van der Waals surface area contributed by atoms with Crippen molar-refractivity contribution in [1.82, 2.24) is 4.90 Å². The van der Waals surface area contributed by atoms with Gasteiger partial charge in [-0.3, -0.25) is 4.72 Å². The van der Waals surface area contributed by atoms with E-state index < -0.39 is 10.2 Å². The fraction of sp³-hybridized carbons (Fsp3) is 0.700. The van der Waals surface area contributed by atoms with Crippen LogP contribution in [-0.4, -0.2) is 33.0 Å². The quantitative estimate of drug-likeness (QED) is 0.461. The van der Waals surface area contributed by atoms with E-state index in [1.807, 2.05) is 12.1 Å². The van der Waals surface area contributed by atoms with Crippen molar-refractivity contribution in [3.8, 4) is 0 Å². The predicted octanol–water partition coefficient (Wildman–Crippen LogP) is 4.55. The second-order valence-electron chi connectivity index (χ2n) is 6.65. The minimum atomic E-state index is -3.69. The molecular formula is C20H39N3O2S. The maximum absolute atomic E-state index is 11.0. The third kappa shape index (κ3) is 12.3. The van der Waals surface area contributed by atoms with E-state index in [4.69, 9.17) is 5.14 Å². The first-order valence-electron chi connectivity index (χ1n) is 9.56. The summed E-state index contributed by atoms with van der Waals surface area (Å²) in [6, 6.07) is 7.43. The molecule has 0 saturated carbocycles. The summed E-state index contributed by atoms with van der Waals surface area (Å²) in [6.07, 6.45) is 10.0. The van der Waals surface area contributed by atoms with Gasteiger partial charge in [0, 0.05) is 5.69 Å². The summed E-state index contributed by atoms with van der Waals surface area (Å²) in [5.41, 5.74) is 1.73. The van der Waals surface area contributed by atoms with Gasteiger partial charge in [-0.15, -0.1) is 0 Å². The Kier molecular flexibility index (Phi) is 13.4. The number of hydrogen-bond donors (Lipinski definition) is 2. The zero-order valence-electron chi connectivity index (χ0n) is 15.8. The second kappa shape index (κ2) is 14.0. The zero-order valence-corrected chi connectivity index (χ0v) is 16.7. The highest BCUT2D eigenvalue weighted by atomic mass is 32.2. The molecule has 152 valence electrons. The van der Waals surface area contributed by atoms with Crippen molar-refractivity contribution in [3.63, 3.8) is 0 Å². The summed E-state index contributed by atoms with van der Waals surface area (Å²) in [5.74, 6) is 0.